The topological polar surface area (TPSA) is 79.0 Å². The number of amides is 2. The van der Waals surface area contributed by atoms with Gasteiger partial charge in [0.2, 0.25) is 0 Å². The van der Waals surface area contributed by atoms with Crippen LogP contribution in [-0.4, -0.2) is 87.2 Å². The van der Waals surface area contributed by atoms with Crippen LogP contribution in [0.5, 0.6) is 0 Å². The molecule has 2 amide bonds. The van der Waals surface area contributed by atoms with E-state index in [2.05, 4.69) is 10.2 Å². The largest absolute Gasteiger partial charge is 0.379 e. The summed E-state index contributed by atoms with van der Waals surface area (Å²) in [6.07, 6.45) is 0.872. The van der Waals surface area contributed by atoms with Crippen LogP contribution in [0.15, 0.2) is 0 Å². The van der Waals surface area contributed by atoms with Gasteiger partial charge in [-0.05, 0) is 6.42 Å². The number of rotatable bonds is 4. The van der Waals surface area contributed by atoms with Crippen LogP contribution in [0, 0.1) is 0 Å². The lowest BCUT2D eigenvalue weighted by atomic mass is 10.2. The first-order valence-electron chi connectivity index (χ1n) is 7.13. The molecule has 7 nitrogen and oxygen atoms in total. The molecular formula is C12H21N3O4S. The fraction of sp³-hybridized carbons (Fsp3) is 0.917. The number of hydrogen-bond acceptors (Lipinski definition) is 5. The lowest BCUT2D eigenvalue weighted by Gasteiger charge is -2.28. The number of nitrogens with one attached hydrogen (secondary N) is 1. The van der Waals surface area contributed by atoms with Gasteiger partial charge in [-0.3, -0.25) is 4.90 Å². The number of urea groups is 1. The van der Waals surface area contributed by atoms with E-state index >= 15 is 0 Å². The van der Waals surface area contributed by atoms with Gasteiger partial charge in [-0.1, -0.05) is 0 Å². The Balaban J connectivity index is 1.50. The average molecular weight is 303 g/mol. The van der Waals surface area contributed by atoms with Crippen LogP contribution in [0.25, 0.3) is 0 Å². The minimum Gasteiger partial charge on any atom is -0.379 e. The van der Waals surface area contributed by atoms with Crippen molar-refractivity contribution < 1.29 is 17.9 Å². The molecule has 20 heavy (non-hydrogen) atoms. The Hall–Kier alpha value is -0.860. The zero-order chi connectivity index (χ0) is 14.2. The molecule has 0 radical (unpaired) electrons. The Labute approximate surface area is 119 Å². The Kier molecular flexibility index (Phi) is 3.87. The second kappa shape index (κ2) is 5.50. The predicted molar refractivity (Wildman–Crippen MR) is 73.3 cm³/mol. The molecule has 3 rings (SSSR count). The van der Waals surface area contributed by atoms with Crippen LogP contribution >= 0.6 is 0 Å². The maximum absolute atomic E-state index is 11.9. The summed E-state index contributed by atoms with van der Waals surface area (Å²) in [7, 11) is -2.99. The van der Waals surface area contributed by atoms with Gasteiger partial charge in [0.25, 0.3) is 0 Å². The molecule has 0 unspecified atom stereocenters. The van der Waals surface area contributed by atoms with Gasteiger partial charge in [-0.25, -0.2) is 13.2 Å². The van der Waals surface area contributed by atoms with Crippen molar-refractivity contribution in [3.05, 3.63) is 0 Å². The normalized spacial score (nSPS) is 33.2. The number of sulfone groups is 1. The lowest BCUT2D eigenvalue weighted by Crippen LogP contribution is -2.41. The van der Waals surface area contributed by atoms with Crippen molar-refractivity contribution >= 4 is 15.9 Å². The third-order valence-electron chi connectivity index (χ3n) is 4.27. The van der Waals surface area contributed by atoms with E-state index in [4.69, 9.17) is 4.74 Å². The molecule has 114 valence electrons. The molecule has 0 aromatic heterocycles. The fourth-order valence-corrected chi connectivity index (χ4v) is 5.14. The molecule has 8 heteroatoms. The molecule has 0 spiro atoms. The molecule has 2 atom stereocenters. The van der Waals surface area contributed by atoms with Gasteiger partial charge in [0.05, 0.1) is 36.8 Å². The fourth-order valence-electron chi connectivity index (χ4n) is 3.22. The summed E-state index contributed by atoms with van der Waals surface area (Å²) in [5.74, 6) is 0.192. The van der Waals surface area contributed by atoms with Crippen molar-refractivity contribution in [3.8, 4) is 0 Å². The first-order chi connectivity index (χ1) is 9.55. The molecule has 0 aliphatic carbocycles. The maximum atomic E-state index is 11.9. The highest BCUT2D eigenvalue weighted by Crippen LogP contribution is 2.24. The zero-order valence-electron chi connectivity index (χ0n) is 11.5. The van der Waals surface area contributed by atoms with Crippen LogP contribution in [0.2, 0.25) is 0 Å². The number of hydrogen-bond donors (Lipinski definition) is 1. The van der Waals surface area contributed by atoms with Crippen LogP contribution < -0.4 is 5.32 Å². The highest BCUT2D eigenvalue weighted by molar-refractivity contribution is 7.91. The summed E-state index contributed by atoms with van der Waals surface area (Å²) in [5, 5.41) is 2.78. The van der Waals surface area contributed by atoms with E-state index in [1.165, 1.54) is 0 Å². The van der Waals surface area contributed by atoms with Crippen molar-refractivity contribution in [3.63, 3.8) is 0 Å². The third kappa shape index (κ3) is 2.91. The smallest absolute Gasteiger partial charge is 0.318 e. The van der Waals surface area contributed by atoms with Crippen molar-refractivity contribution in [2.24, 2.45) is 0 Å². The highest BCUT2D eigenvalue weighted by Gasteiger charge is 2.48. The van der Waals surface area contributed by atoms with E-state index in [0.717, 1.165) is 39.3 Å². The summed E-state index contributed by atoms with van der Waals surface area (Å²) < 4.78 is 28.5. The Morgan fingerprint density at radius 3 is 2.70 bits per heavy atom. The summed E-state index contributed by atoms with van der Waals surface area (Å²) in [6, 6.07) is -0.495. The molecular weight excluding hydrogens is 282 g/mol. The quantitative estimate of drug-likeness (QED) is 0.667. The number of morpholine rings is 1. The van der Waals surface area contributed by atoms with E-state index < -0.39 is 9.84 Å². The summed E-state index contributed by atoms with van der Waals surface area (Å²) in [4.78, 5) is 15.9. The van der Waals surface area contributed by atoms with Crippen molar-refractivity contribution in [2.45, 2.75) is 18.5 Å². The minimum atomic E-state index is -2.99. The molecule has 3 aliphatic rings. The first-order valence-corrected chi connectivity index (χ1v) is 8.95. The van der Waals surface area contributed by atoms with Gasteiger partial charge < -0.3 is 15.0 Å². The van der Waals surface area contributed by atoms with Gasteiger partial charge in [0, 0.05) is 26.2 Å². The second-order valence-electron chi connectivity index (χ2n) is 5.70. The summed E-state index contributed by atoms with van der Waals surface area (Å²) in [6.45, 7) is 4.97. The number of carbonyl (C=O) groups is 1. The first kappa shape index (κ1) is 14.1. The number of ether oxygens (including phenoxy) is 1. The third-order valence-corrected chi connectivity index (χ3v) is 5.99. The second-order valence-corrected chi connectivity index (χ2v) is 7.86. The summed E-state index contributed by atoms with van der Waals surface area (Å²) >= 11 is 0. The van der Waals surface area contributed by atoms with Crippen molar-refractivity contribution in [2.75, 3.05) is 50.9 Å². The average Bonchev–Trinajstić information content (AvgIpc) is 2.83. The molecule has 3 aliphatic heterocycles. The molecule has 0 saturated carbocycles. The van der Waals surface area contributed by atoms with Crippen LogP contribution in [0.4, 0.5) is 4.79 Å². The number of carbonyl (C=O) groups excluding carboxylic acids is 1. The van der Waals surface area contributed by atoms with E-state index in [1.54, 1.807) is 4.90 Å². The van der Waals surface area contributed by atoms with E-state index in [0.29, 0.717) is 6.54 Å². The Bertz CT molecular complexity index is 475. The van der Waals surface area contributed by atoms with Crippen molar-refractivity contribution in [1.29, 1.82) is 0 Å². The zero-order valence-corrected chi connectivity index (χ0v) is 12.3. The van der Waals surface area contributed by atoms with Crippen LogP contribution in [-0.2, 0) is 14.6 Å². The standard InChI is InChI=1S/C12H21N3O4S/c16-12-13-10-8-20(17,18)9-11(10)15(12)3-1-2-14-4-6-19-7-5-14/h10-11H,1-9H2,(H,13,16)/t10-,11-/m1/s1. The van der Waals surface area contributed by atoms with E-state index in [-0.39, 0.29) is 29.6 Å². The molecule has 1 N–H and O–H groups in total. The van der Waals surface area contributed by atoms with E-state index in [1.807, 2.05) is 0 Å². The van der Waals surface area contributed by atoms with Crippen molar-refractivity contribution in [1.82, 2.24) is 15.1 Å². The predicted octanol–water partition coefficient (Wildman–Crippen LogP) is -1.10. The number of nitrogens with zero attached hydrogens (tertiary/aromatic N) is 2. The highest BCUT2D eigenvalue weighted by atomic mass is 32.2. The number of fused-ring (bicyclic) bond motifs is 1. The van der Waals surface area contributed by atoms with Crippen LogP contribution in [0.1, 0.15) is 6.42 Å². The van der Waals surface area contributed by atoms with Gasteiger partial charge in [-0.15, -0.1) is 0 Å². The molecule has 3 fully saturated rings. The van der Waals surface area contributed by atoms with Crippen LogP contribution in [0.3, 0.4) is 0 Å². The lowest BCUT2D eigenvalue weighted by molar-refractivity contribution is 0.0364. The molecule has 3 saturated heterocycles. The molecule has 3 heterocycles. The SMILES string of the molecule is O=C1N[C@@H]2CS(=O)(=O)C[C@H]2N1CCCN1CCOCC1. The minimum absolute atomic E-state index is 0.0867. The molecule has 0 aromatic carbocycles. The van der Waals surface area contributed by atoms with Gasteiger partial charge in [0.15, 0.2) is 9.84 Å². The van der Waals surface area contributed by atoms with Gasteiger partial charge in [0.1, 0.15) is 0 Å². The molecule has 0 bridgehead atoms. The molecule has 0 aromatic rings. The van der Waals surface area contributed by atoms with Gasteiger partial charge >= 0.3 is 6.03 Å². The van der Waals surface area contributed by atoms with Gasteiger partial charge in [-0.2, -0.15) is 0 Å². The monoisotopic (exact) mass is 303 g/mol. The Morgan fingerprint density at radius 2 is 1.95 bits per heavy atom. The maximum Gasteiger partial charge on any atom is 0.318 e. The van der Waals surface area contributed by atoms with E-state index in [9.17, 15) is 13.2 Å². The Morgan fingerprint density at radius 1 is 1.20 bits per heavy atom. The summed E-state index contributed by atoms with van der Waals surface area (Å²) in [5.41, 5.74) is 0.